The Bertz CT molecular complexity index is 411. The van der Waals surface area contributed by atoms with Gasteiger partial charge in [0.2, 0.25) is 6.79 Å². The fourth-order valence-corrected chi connectivity index (χ4v) is 2.84. The second kappa shape index (κ2) is 8.42. The smallest absolute Gasteiger partial charge is 0.231 e. The molecule has 0 fully saturated rings. The second-order valence-corrected chi connectivity index (χ2v) is 6.18. The maximum absolute atomic E-state index is 5.42. The molecule has 0 amide bonds. The first kappa shape index (κ1) is 15.5. The monoisotopic (exact) mass is 295 g/mol. The number of unbranched alkanes of at least 4 members (excludes halogenated alkanes) is 3. The molecule has 1 aromatic rings. The first-order chi connectivity index (χ1) is 9.81. The number of fused-ring (bicyclic) bond motifs is 1. The minimum absolute atomic E-state index is 0.344. The van der Waals surface area contributed by atoms with E-state index in [1.165, 1.54) is 37.0 Å². The molecule has 1 heterocycles. The summed E-state index contributed by atoms with van der Waals surface area (Å²) in [7, 11) is 0. The first-order valence-corrected chi connectivity index (χ1v) is 8.82. The molecule has 1 aliphatic heterocycles. The molecule has 4 heteroatoms. The van der Waals surface area contributed by atoms with E-state index in [2.05, 4.69) is 30.6 Å². The third kappa shape index (κ3) is 4.60. The number of benzene rings is 1. The molecule has 112 valence electrons. The third-order valence-electron chi connectivity index (χ3n) is 3.62. The number of ether oxygens (including phenoxy) is 2. The predicted octanol–water partition coefficient (Wildman–Crippen LogP) is 3.99. The molecule has 0 spiro atoms. The predicted molar refractivity (Wildman–Crippen MR) is 85.8 cm³/mol. The van der Waals surface area contributed by atoms with Crippen LogP contribution >= 0.6 is 11.8 Å². The van der Waals surface area contributed by atoms with Gasteiger partial charge >= 0.3 is 0 Å². The summed E-state index contributed by atoms with van der Waals surface area (Å²) < 4.78 is 10.8. The number of rotatable bonds is 9. The van der Waals surface area contributed by atoms with Gasteiger partial charge in [-0.15, -0.1) is 0 Å². The van der Waals surface area contributed by atoms with Crippen molar-refractivity contribution in [3.8, 4) is 11.5 Å². The molecule has 20 heavy (non-hydrogen) atoms. The summed E-state index contributed by atoms with van der Waals surface area (Å²) in [5.41, 5.74) is 1.26. The van der Waals surface area contributed by atoms with E-state index in [1.54, 1.807) is 0 Å². The van der Waals surface area contributed by atoms with E-state index in [4.69, 9.17) is 9.47 Å². The molecule has 0 radical (unpaired) electrons. The lowest BCUT2D eigenvalue weighted by Gasteiger charge is -2.14. The molecule has 0 aliphatic carbocycles. The lowest BCUT2D eigenvalue weighted by atomic mass is 10.1. The molecule has 1 aromatic carbocycles. The van der Waals surface area contributed by atoms with E-state index in [0.29, 0.717) is 12.8 Å². The minimum Gasteiger partial charge on any atom is -0.454 e. The topological polar surface area (TPSA) is 30.5 Å². The van der Waals surface area contributed by atoms with Crippen LogP contribution in [0.15, 0.2) is 18.2 Å². The summed E-state index contributed by atoms with van der Waals surface area (Å²) >= 11 is 1.94. The summed E-state index contributed by atoms with van der Waals surface area (Å²) in [6.07, 6.45) is 7.44. The number of nitrogens with one attached hydrogen (secondary N) is 1. The quantitative estimate of drug-likeness (QED) is 0.698. The van der Waals surface area contributed by atoms with Crippen molar-refractivity contribution in [2.45, 2.75) is 38.6 Å². The van der Waals surface area contributed by atoms with Crippen molar-refractivity contribution < 1.29 is 9.47 Å². The highest BCUT2D eigenvalue weighted by Crippen LogP contribution is 2.34. The van der Waals surface area contributed by atoms with E-state index in [-0.39, 0.29) is 0 Å². The molecule has 1 atom stereocenters. The largest absolute Gasteiger partial charge is 0.454 e. The normalized spacial score (nSPS) is 14.5. The van der Waals surface area contributed by atoms with Crippen molar-refractivity contribution in [1.82, 2.24) is 5.32 Å². The fraction of sp³-hybridized carbons (Fsp3) is 0.625. The van der Waals surface area contributed by atoms with Gasteiger partial charge in [0, 0.05) is 6.04 Å². The van der Waals surface area contributed by atoms with Gasteiger partial charge in [-0.25, -0.2) is 0 Å². The molecular formula is C16H25NO2S. The zero-order valence-corrected chi connectivity index (χ0v) is 13.3. The lowest BCUT2D eigenvalue weighted by Crippen LogP contribution is -2.19. The van der Waals surface area contributed by atoms with Crippen molar-refractivity contribution >= 4 is 11.8 Å². The van der Waals surface area contributed by atoms with E-state index in [0.717, 1.165) is 18.0 Å². The summed E-state index contributed by atoms with van der Waals surface area (Å²) in [4.78, 5) is 0. The van der Waals surface area contributed by atoms with Crippen LogP contribution in [0.1, 0.15) is 44.2 Å². The zero-order valence-electron chi connectivity index (χ0n) is 12.5. The van der Waals surface area contributed by atoms with Gasteiger partial charge in [-0.1, -0.05) is 18.9 Å². The van der Waals surface area contributed by atoms with Crippen molar-refractivity contribution in [2.24, 2.45) is 0 Å². The molecule has 0 aromatic heterocycles. The molecule has 1 unspecified atom stereocenters. The van der Waals surface area contributed by atoms with E-state index in [1.807, 2.05) is 17.8 Å². The molecule has 0 bridgehead atoms. The maximum atomic E-state index is 5.42. The molecule has 0 saturated heterocycles. The zero-order chi connectivity index (χ0) is 14.2. The summed E-state index contributed by atoms with van der Waals surface area (Å²) in [6.45, 7) is 3.62. The average molecular weight is 295 g/mol. The van der Waals surface area contributed by atoms with Crippen LogP contribution in [-0.2, 0) is 0 Å². The van der Waals surface area contributed by atoms with Crippen molar-refractivity contribution in [2.75, 3.05) is 25.3 Å². The number of thioether (sulfide) groups is 1. The van der Waals surface area contributed by atoms with Gasteiger partial charge in [0.05, 0.1) is 0 Å². The summed E-state index contributed by atoms with van der Waals surface area (Å²) in [6, 6.07) is 6.55. The van der Waals surface area contributed by atoms with Gasteiger partial charge in [-0.05, 0) is 56.0 Å². The third-order valence-corrected chi connectivity index (χ3v) is 4.32. The SMILES string of the molecule is CSCCCCCCNC(C)c1ccc2c(c1)OCO2. The molecule has 2 rings (SSSR count). The number of hydrogen-bond donors (Lipinski definition) is 1. The van der Waals surface area contributed by atoms with Crippen molar-refractivity contribution in [3.05, 3.63) is 23.8 Å². The van der Waals surface area contributed by atoms with Crippen molar-refractivity contribution in [3.63, 3.8) is 0 Å². The van der Waals surface area contributed by atoms with Crippen LogP contribution in [-0.4, -0.2) is 25.3 Å². The summed E-state index contributed by atoms with van der Waals surface area (Å²) in [5, 5.41) is 3.58. The van der Waals surface area contributed by atoms with Gasteiger partial charge in [0.15, 0.2) is 11.5 Å². The Morgan fingerprint density at radius 1 is 1.15 bits per heavy atom. The van der Waals surface area contributed by atoms with Gasteiger partial charge in [0.25, 0.3) is 0 Å². The van der Waals surface area contributed by atoms with Crippen LogP contribution in [0.5, 0.6) is 11.5 Å². The van der Waals surface area contributed by atoms with Gasteiger partial charge in [-0.2, -0.15) is 11.8 Å². The maximum Gasteiger partial charge on any atom is 0.231 e. The standard InChI is InChI=1S/C16H25NO2S/c1-13(17-9-5-3-4-6-10-20-2)14-7-8-15-16(11-14)19-12-18-15/h7-8,11,13,17H,3-6,9-10,12H2,1-2H3. The molecule has 0 saturated carbocycles. The van der Waals surface area contributed by atoms with Crippen LogP contribution in [0.25, 0.3) is 0 Å². The van der Waals surface area contributed by atoms with E-state index < -0.39 is 0 Å². The van der Waals surface area contributed by atoms with Crippen LogP contribution in [0.4, 0.5) is 0 Å². The Kier molecular flexibility index (Phi) is 6.54. The Morgan fingerprint density at radius 3 is 2.80 bits per heavy atom. The van der Waals surface area contributed by atoms with Crippen LogP contribution in [0.3, 0.4) is 0 Å². The lowest BCUT2D eigenvalue weighted by molar-refractivity contribution is 0.174. The van der Waals surface area contributed by atoms with Crippen LogP contribution in [0.2, 0.25) is 0 Å². The van der Waals surface area contributed by atoms with Gasteiger partial charge in [-0.3, -0.25) is 0 Å². The highest BCUT2D eigenvalue weighted by molar-refractivity contribution is 7.98. The highest BCUT2D eigenvalue weighted by Gasteiger charge is 2.15. The molecule has 1 N–H and O–H groups in total. The van der Waals surface area contributed by atoms with E-state index >= 15 is 0 Å². The average Bonchev–Trinajstić information content (AvgIpc) is 2.93. The second-order valence-electron chi connectivity index (χ2n) is 5.20. The van der Waals surface area contributed by atoms with Gasteiger partial charge < -0.3 is 14.8 Å². The van der Waals surface area contributed by atoms with Crippen LogP contribution in [0, 0.1) is 0 Å². The molecule has 3 nitrogen and oxygen atoms in total. The Morgan fingerprint density at radius 2 is 1.95 bits per heavy atom. The first-order valence-electron chi connectivity index (χ1n) is 7.43. The van der Waals surface area contributed by atoms with Crippen molar-refractivity contribution in [1.29, 1.82) is 0 Å². The van der Waals surface area contributed by atoms with Crippen LogP contribution < -0.4 is 14.8 Å². The van der Waals surface area contributed by atoms with E-state index in [9.17, 15) is 0 Å². The highest BCUT2D eigenvalue weighted by atomic mass is 32.2. The molecule has 1 aliphatic rings. The summed E-state index contributed by atoms with van der Waals surface area (Å²) in [5.74, 6) is 3.02. The molecular weight excluding hydrogens is 270 g/mol. The number of hydrogen-bond acceptors (Lipinski definition) is 4. The van der Waals surface area contributed by atoms with Gasteiger partial charge in [0.1, 0.15) is 0 Å². The Labute approximate surface area is 126 Å². The minimum atomic E-state index is 0.344. The fourth-order valence-electron chi connectivity index (χ4n) is 2.34. The Balaban J connectivity index is 1.66. The Hall–Kier alpha value is -0.870.